The van der Waals surface area contributed by atoms with E-state index in [-0.39, 0.29) is 12.8 Å². The lowest BCUT2D eigenvalue weighted by Crippen LogP contribution is -2.46. The summed E-state index contributed by atoms with van der Waals surface area (Å²) in [5.41, 5.74) is 0. The summed E-state index contributed by atoms with van der Waals surface area (Å²) in [6.07, 6.45) is 6.76. The van der Waals surface area contributed by atoms with Crippen LogP contribution in [0.2, 0.25) is 0 Å². The maximum absolute atomic E-state index is 13.7. The summed E-state index contributed by atoms with van der Waals surface area (Å²) >= 11 is 0. The highest BCUT2D eigenvalue weighted by atomic mass is 19.3. The number of alkyl halides is 4. The Balaban J connectivity index is 1.86. The Morgan fingerprint density at radius 2 is 1.10 bits per heavy atom. The molecule has 2 fully saturated rings. The van der Waals surface area contributed by atoms with Crippen molar-refractivity contribution >= 4 is 0 Å². The topological polar surface area (TPSA) is 0 Å². The van der Waals surface area contributed by atoms with Gasteiger partial charge in [0.15, 0.2) is 0 Å². The predicted octanol–water partition coefficient (Wildman–Crippen LogP) is 5.91. The molecule has 0 heterocycles. The first-order valence-electron chi connectivity index (χ1n) is 7.97. The molecule has 0 bridgehead atoms. The smallest absolute Gasteiger partial charge is 0.200 e. The van der Waals surface area contributed by atoms with E-state index in [0.717, 1.165) is 5.92 Å². The van der Waals surface area contributed by atoms with Crippen molar-refractivity contribution in [3.05, 3.63) is 0 Å². The van der Waals surface area contributed by atoms with Gasteiger partial charge in [0.25, 0.3) is 0 Å². The predicted molar refractivity (Wildman–Crippen MR) is 72.1 cm³/mol. The summed E-state index contributed by atoms with van der Waals surface area (Å²) in [7, 11) is 0. The summed E-state index contributed by atoms with van der Waals surface area (Å²) < 4.78 is 53.4. The molecule has 0 amide bonds. The third-order valence-electron chi connectivity index (χ3n) is 5.60. The Bertz CT molecular complexity index is 305. The third-order valence-corrected chi connectivity index (χ3v) is 5.60. The molecule has 0 aromatic rings. The average molecular weight is 294 g/mol. The van der Waals surface area contributed by atoms with Crippen LogP contribution in [0.4, 0.5) is 17.6 Å². The van der Waals surface area contributed by atoms with Gasteiger partial charge >= 0.3 is 11.8 Å². The summed E-state index contributed by atoms with van der Waals surface area (Å²) in [6, 6.07) is 0. The van der Waals surface area contributed by atoms with E-state index in [1.165, 1.54) is 25.7 Å². The minimum absolute atomic E-state index is 0.257. The fourth-order valence-corrected chi connectivity index (χ4v) is 4.07. The molecule has 118 valence electrons. The van der Waals surface area contributed by atoms with Gasteiger partial charge in [0.1, 0.15) is 0 Å². The highest BCUT2D eigenvalue weighted by Crippen LogP contribution is 2.49. The van der Waals surface area contributed by atoms with Gasteiger partial charge in [-0.1, -0.05) is 19.8 Å². The zero-order valence-electron chi connectivity index (χ0n) is 12.5. The minimum Gasteiger partial charge on any atom is -0.200 e. The molecule has 0 N–H and O–H groups in total. The molecule has 0 radical (unpaired) electrons. The van der Waals surface area contributed by atoms with Crippen LogP contribution in [0.1, 0.15) is 65.2 Å². The fraction of sp³-hybridized carbons (Fsp3) is 1.00. The van der Waals surface area contributed by atoms with E-state index in [9.17, 15) is 17.6 Å². The second kappa shape index (κ2) is 5.84. The van der Waals surface area contributed by atoms with E-state index in [2.05, 4.69) is 6.92 Å². The molecule has 2 aliphatic carbocycles. The van der Waals surface area contributed by atoms with E-state index in [0.29, 0.717) is 31.6 Å². The first kappa shape index (κ1) is 16.1. The van der Waals surface area contributed by atoms with Gasteiger partial charge in [0, 0.05) is 12.8 Å². The van der Waals surface area contributed by atoms with Crippen LogP contribution in [0.15, 0.2) is 0 Å². The van der Waals surface area contributed by atoms with E-state index >= 15 is 0 Å². The minimum atomic E-state index is -3.90. The summed E-state index contributed by atoms with van der Waals surface area (Å²) in [5, 5.41) is 0. The first-order chi connectivity index (χ1) is 9.22. The lowest BCUT2D eigenvalue weighted by molar-refractivity contribution is -0.233. The van der Waals surface area contributed by atoms with Crippen molar-refractivity contribution in [3.8, 4) is 0 Å². The monoisotopic (exact) mass is 294 g/mol. The molecule has 2 rings (SSSR count). The van der Waals surface area contributed by atoms with Gasteiger partial charge in [-0.05, 0) is 56.3 Å². The fourth-order valence-electron chi connectivity index (χ4n) is 4.07. The number of rotatable bonds is 3. The summed E-state index contributed by atoms with van der Waals surface area (Å²) in [5.74, 6) is -6.97. The molecule has 0 aromatic carbocycles. The van der Waals surface area contributed by atoms with Gasteiger partial charge in [-0.25, -0.2) is 8.78 Å². The number of hydrogen-bond acceptors (Lipinski definition) is 0. The van der Waals surface area contributed by atoms with Crippen LogP contribution < -0.4 is 0 Å². The van der Waals surface area contributed by atoms with Gasteiger partial charge in [-0.2, -0.15) is 8.78 Å². The van der Waals surface area contributed by atoms with Gasteiger partial charge < -0.3 is 0 Å². The second-order valence-electron chi connectivity index (χ2n) is 7.14. The maximum Gasteiger partial charge on any atom is 0.312 e. The van der Waals surface area contributed by atoms with Crippen molar-refractivity contribution in [3.63, 3.8) is 0 Å². The zero-order valence-corrected chi connectivity index (χ0v) is 12.5. The highest BCUT2D eigenvalue weighted by molar-refractivity contribution is 4.91. The Morgan fingerprint density at radius 3 is 1.50 bits per heavy atom. The van der Waals surface area contributed by atoms with Crippen molar-refractivity contribution in [2.24, 2.45) is 23.7 Å². The first-order valence-corrected chi connectivity index (χ1v) is 7.97. The van der Waals surface area contributed by atoms with Crippen LogP contribution in [0.25, 0.3) is 0 Å². The normalized spacial score (nSPS) is 36.9. The molecular weight excluding hydrogens is 268 g/mol. The van der Waals surface area contributed by atoms with Crippen LogP contribution in [0.3, 0.4) is 0 Å². The van der Waals surface area contributed by atoms with Crippen LogP contribution >= 0.6 is 0 Å². The summed E-state index contributed by atoms with van der Waals surface area (Å²) in [6.45, 7) is 2.61. The SMILES string of the molecule is CC1CCC(C2CCC(C(F)(F)C(C)(F)F)CC2)CC1. The molecule has 0 spiro atoms. The molecule has 2 aliphatic rings. The van der Waals surface area contributed by atoms with E-state index in [1.807, 2.05) is 0 Å². The Hall–Kier alpha value is -0.280. The Labute approximate surface area is 119 Å². The van der Waals surface area contributed by atoms with E-state index < -0.39 is 17.8 Å². The third kappa shape index (κ3) is 3.30. The molecular formula is C16H26F4. The number of halogens is 4. The van der Waals surface area contributed by atoms with Gasteiger partial charge in [-0.15, -0.1) is 0 Å². The van der Waals surface area contributed by atoms with Crippen LogP contribution in [0, 0.1) is 23.7 Å². The van der Waals surface area contributed by atoms with Gasteiger partial charge in [0.05, 0.1) is 0 Å². The van der Waals surface area contributed by atoms with Crippen molar-refractivity contribution in [2.45, 2.75) is 77.1 Å². The molecule has 4 heteroatoms. The molecule has 0 saturated heterocycles. The van der Waals surface area contributed by atoms with Crippen molar-refractivity contribution in [2.75, 3.05) is 0 Å². The molecule has 0 nitrogen and oxygen atoms in total. The Morgan fingerprint density at radius 1 is 0.700 bits per heavy atom. The average Bonchev–Trinajstić information content (AvgIpc) is 2.38. The molecule has 0 atom stereocenters. The van der Waals surface area contributed by atoms with Crippen LogP contribution in [0.5, 0.6) is 0 Å². The largest absolute Gasteiger partial charge is 0.312 e. The molecule has 20 heavy (non-hydrogen) atoms. The second-order valence-corrected chi connectivity index (χ2v) is 7.14. The van der Waals surface area contributed by atoms with Crippen LogP contribution in [-0.2, 0) is 0 Å². The quantitative estimate of drug-likeness (QED) is 0.568. The van der Waals surface area contributed by atoms with E-state index in [1.54, 1.807) is 0 Å². The number of hydrogen-bond donors (Lipinski definition) is 0. The van der Waals surface area contributed by atoms with Crippen LogP contribution in [-0.4, -0.2) is 11.8 Å². The lowest BCUT2D eigenvalue weighted by Gasteiger charge is -2.40. The highest BCUT2D eigenvalue weighted by Gasteiger charge is 2.57. The van der Waals surface area contributed by atoms with Gasteiger partial charge in [0.2, 0.25) is 0 Å². The summed E-state index contributed by atoms with van der Waals surface area (Å²) in [4.78, 5) is 0. The Kier molecular flexibility index (Phi) is 4.70. The van der Waals surface area contributed by atoms with Crippen molar-refractivity contribution in [1.29, 1.82) is 0 Å². The molecule has 0 unspecified atom stereocenters. The molecule has 2 saturated carbocycles. The molecule has 0 aromatic heterocycles. The molecule has 0 aliphatic heterocycles. The maximum atomic E-state index is 13.7. The zero-order chi connectivity index (χ0) is 15.0. The lowest BCUT2D eigenvalue weighted by atomic mass is 9.68. The van der Waals surface area contributed by atoms with E-state index in [4.69, 9.17) is 0 Å². The van der Waals surface area contributed by atoms with Crippen molar-refractivity contribution in [1.82, 2.24) is 0 Å². The standard InChI is InChI=1S/C16H26F4/c1-11-3-5-12(6-4-11)13-7-9-14(10-8-13)16(19,20)15(2,17)18/h11-14H,3-10H2,1-2H3. The van der Waals surface area contributed by atoms with Crippen molar-refractivity contribution < 1.29 is 17.6 Å². The van der Waals surface area contributed by atoms with Gasteiger partial charge in [-0.3, -0.25) is 0 Å².